The Labute approximate surface area is 127 Å². The molecule has 0 spiro atoms. The second kappa shape index (κ2) is 6.57. The van der Waals surface area contributed by atoms with Crippen LogP contribution in [0.2, 0.25) is 0 Å². The summed E-state index contributed by atoms with van der Waals surface area (Å²) in [5.41, 5.74) is 5.94. The van der Waals surface area contributed by atoms with Crippen molar-refractivity contribution in [2.24, 2.45) is 0 Å². The first kappa shape index (κ1) is 15.3. The van der Waals surface area contributed by atoms with Crippen LogP contribution in [-0.2, 0) is 11.2 Å². The summed E-state index contributed by atoms with van der Waals surface area (Å²) >= 11 is 0. The summed E-state index contributed by atoms with van der Waals surface area (Å²) in [5.74, 6) is 0.0598. The molecule has 0 fully saturated rings. The highest BCUT2D eigenvalue weighted by molar-refractivity contribution is 5.79. The summed E-state index contributed by atoms with van der Waals surface area (Å²) in [6.45, 7) is 8.27. The second-order valence-electron chi connectivity index (χ2n) is 5.80. The monoisotopic (exact) mass is 281 g/mol. The molecule has 21 heavy (non-hydrogen) atoms. The Morgan fingerprint density at radius 3 is 2.29 bits per heavy atom. The van der Waals surface area contributed by atoms with Gasteiger partial charge in [-0.1, -0.05) is 48.0 Å². The normalized spacial score (nSPS) is 12.0. The second-order valence-corrected chi connectivity index (χ2v) is 5.80. The number of hydrogen-bond acceptors (Lipinski definition) is 1. The van der Waals surface area contributed by atoms with Gasteiger partial charge >= 0.3 is 0 Å². The first-order chi connectivity index (χ1) is 9.95. The molecule has 110 valence electrons. The van der Waals surface area contributed by atoms with Gasteiger partial charge in [-0.2, -0.15) is 0 Å². The highest BCUT2D eigenvalue weighted by Gasteiger charge is 2.10. The lowest BCUT2D eigenvalue weighted by Crippen LogP contribution is -2.28. The zero-order valence-corrected chi connectivity index (χ0v) is 13.2. The van der Waals surface area contributed by atoms with Crippen LogP contribution < -0.4 is 5.32 Å². The Morgan fingerprint density at radius 2 is 1.67 bits per heavy atom. The zero-order chi connectivity index (χ0) is 15.4. The fraction of sp³-hybridized carbons (Fsp3) is 0.316. The van der Waals surface area contributed by atoms with E-state index in [1.807, 2.05) is 38.1 Å². The van der Waals surface area contributed by atoms with Crippen LogP contribution in [0.4, 0.5) is 0 Å². The van der Waals surface area contributed by atoms with E-state index >= 15 is 0 Å². The van der Waals surface area contributed by atoms with Crippen LogP contribution in [0.5, 0.6) is 0 Å². The van der Waals surface area contributed by atoms with E-state index in [0.717, 1.165) is 11.1 Å². The largest absolute Gasteiger partial charge is 0.349 e. The molecule has 0 aromatic heterocycles. The van der Waals surface area contributed by atoms with Crippen molar-refractivity contribution in [3.63, 3.8) is 0 Å². The molecule has 2 rings (SSSR count). The molecular formula is C19H23NO. The average molecular weight is 281 g/mol. The third-order valence-electron chi connectivity index (χ3n) is 3.89. The van der Waals surface area contributed by atoms with Gasteiger partial charge in [0, 0.05) is 0 Å². The number of carbonyl (C=O) groups is 1. The average Bonchev–Trinajstić information content (AvgIpc) is 2.44. The molecule has 2 aromatic rings. The molecule has 0 radical (unpaired) electrons. The maximum absolute atomic E-state index is 12.1. The third-order valence-corrected chi connectivity index (χ3v) is 3.89. The van der Waals surface area contributed by atoms with Gasteiger partial charge < -0.3 is 5.32 Å². The van der Waals surface area contributed by atoms with Crippen LogP contribution in [0.15, 0.2) is 42.5 Å². The predicted molar refractivity (Wildman–Crippen MR) is 87.4 cm³/mol. The Morgan fingerprint density at radius 1 is 1.00 bits per heavy atom. The maximum atomic E-state index is 12.1. The van der Waals surface area contributed by atoms with Crippen LogP contribution in [0.1, 0.15) is 40.8 Å². The quantitative estimate of drug-likeness (QED) is 0.900. The molecular weight excluding hydrogens is 258 g/mol. The van der Waals surface area contributed by atoms with Crippen molar-refractivity contribution in [3.8, 4) is 0 Å². The summed E-state index contributed by atoms with van der Waals surface area (Å²) in [5, 5.41) is 3.07. The van der Waals surface area contributed by atoms with Gasteiger partial charge in [-0.3, -0.25) is 4.79 Å². The number of carbonyl (C=O) groups excluding carboxylic acids is 1. The van der Waals surface area contributed by atoms with E-state index in [0.29, 0.717) is 6.42 Å². The molecule has 2 nitrogen and oxygen atoms in total. The summed E-state index contributed by atoms with van der Waals surface area (Å²) < 4.78 is 0. The third kappa shape index (κ3) is 4.19. The molecule has 0 bridgehead atoms. The maximum Gasteiger partial charge on any atom is 0.224 e. The minimum atomic E-state index is 0.0299. The first-order valence-electron chi connectivity index (χ1n) is 7.38. The molecule has 0 aliphatic rings. The van der Waals surface area contributed by atoms with Crippen molar-refractivity contribution < 1.29 is 4.79 Å². The van der Waals surface area contributed by atoms with E-state index in [1.165, 1.54) is 16.7 Å². The molecule has 0 aliphatic heterocycles. The van der Waals surface area contributed by atoms with Crippen LogP contribution >= 0.6 is 0 Å². The van der Waals surface area contributed by atoms with Gasteiger partial charge in [-0.05, 0) is 49.9 Å². The summed E-state index contributed by atoms with van der Waals surface area (Å²) in [4.78, 5) is 12.1. The fourth-order valence-corrected chi connectivity index (χ4v) is 2.30. The first-order valence-corrected chi connectivity index (χ1v) is 7.38. The van der Waals surface area contributed by atoms with Crippen molar-refractivity contribution in [3.05, 3.63) is 70.3 Å². The van der Waals surface area contributed by atoms with Gasteiger partial charge in [0.1, 0.15) is 0 Å². The number of benzene rings is 2. The van der Waals surface area contributed by atoms with Crippen molar-refractivity contribution in [2.45, 2.75) is 40.2 Å². The molecule has 0 heterocycles. The number of rotatable bonds is 4. The van der Waals surface area contributed by atoms with E-state index in [2.05, 4.69) is 37.4 Å². The molecule has 0 aliphatic carbocycles. The lowest BCUT2D eigenvalue weighted by Gasteiger charge is -2.16. The van der Waals surface area contributed by atoms with Crippen LogP contribution in [0.3, 0.4) is 0 Å². The minimum absolute atomic E-state index is 0.0299. The smallest absolute Gasteiger partial charge is 0.224 e. The van der Waals surface area contributed by atoms with Gasteiger partial charge in [0.2, 0.25) is 5.91 Å². The van der Waals surface area contributed by atoms with Gasteiger partial charge in [-0.25, -0.2) is 0 Å². The van der Waals surface area contributed by atoms with E-state index in [4.69, 9.17) is 0 Å². The van der Waals surface area contributed by atoms with Gasteiger partial charge in [0.15, 0.2) is 0 Å². The molecule has 2 aromatic carbocycles. The molecule has 1 N–H and O–H groups in total. The predicted octanol–water partition coefficient (Wildman–Crippen LogP) is 4.03. The van der Waals surface area contributed by atoms with Crippen molar-refractivity contribution in [1.82, 2.24) is 5.32 Å². The van der Waals surface area contributed by atoms with E-state index in [-0.39, 0.29) is 11.9 Å². The van der Waals surface area contributed by atoms with E-state index in [9.17, 15) is 4.79 Å². The molecule has 1 atom stereocenters. The van der Waals surface area contributed by atoms with E-state index in [1.54, 1.807) is 0 Å². The Hall–Kier alpha value is -2.09. The van der Waals surface area contributed by atoms with Crippen LogP contribution in [0, 0.1) is 20.8 Å². The SMILES string of the molecule is Cc1ccc(CC(=O)N[C@@H](C)c2ccc(C)c(C)c2)cc1. The highest BCUT2D eigenvalue weighted by atomic mass is 16.1. The summed E-state index contributed by atoms with van der Waals surface area (Å²) in [6, 6.07) is 14.5. The minimum Gasteiger partial charge on any atom is -0.349 e. The Kier molecular flexibility index (Phi) is 4.79. The van der Waals surface area contributed by atoms with Gasteiger partial charge in [-0.15, -0.1) is 0 Å². The standard InChI is InChI=1S/C19H23NO/c1-13-5-8-17(9-6-13)12-19(21)20-16(4)18-10-7-14(2)15(3)11-18/h5-11,16H,12H2,1-4H3,(H,20,21)/t16-/m0/s1. The number of nitrogens with one attached hydrogen (secondary N) is 1. The van der Waals surface area contributed by atoms with Crippen molar-refractivity contribution >= 4 is 5.91 Å². The Balaban J connectivity index is 1.98. The molecule has 0 saturated carbocycles. The van der Waals surface area contributed by atoms with Crippen molar-refractivity contribution in [1.29, 1.82) is 0 Å². The zero-order valence-electron chi connectivity index (χ0n) is 13.2. The molecule has 1 amide bonds. The molecule has 0 unspecified atom stereocenters. The number of aryl methyl sites for hydroxylation is 3. The van der Waals surface area contributed by atoms with Crippen LogP contribution in [0.25, 0.3) is 0 Å². The van der Waals surface area contributed by atoms with Gasteiger partial charge in [0.25, 0.3) is 0 Å². The number of hydrogen-bond donors (Lipinski definition) is 1. The van der Waals surface area contributed by atoms with E-state index < -0.39 is 0 Å². The summed E-state index contributed by atoms with van der Waals surface area (Å²) in [6.07, 6.45) is 0.426. The molecule has 0 saturated heterocycles. The summed E-state index contributed by atoms with van der Waals surface area (Å²) in [7, 11) is 0. The topological polar surface area (TPSA) is 29.1 Å². The Bertz CT molecular complexity index is 629. The van der Waals surface area contributed by atoms with Crippen molar-refractivity contribution in [2.75, 3.05) is 0 Å². The van der Waals surface area contributed by atoms with Gasteiger partial charge in [0.05, 0.1) is 12.5 Å². The molecule has 2 heteroatoms. The fourth-order valence-electron chi connectivity index (χ4n) is 2.30. The lowest BCUT2D eigenvalue weighted by atomic mass is 10.0. The lowest BCUT2D eigenvalue weighted by molar-refractivity contribution is -0.121. The van der Waals surface area contributed by atoms with Crippen LogP contribution in [-0.4, -0.2) is 5.91 Å². The highest BCUT2D eigenvalue weighted by Crippen LogP contribution is 2.17. The number of amides is 1.